The molecule has 0 radical (unpaired) electrons. The van der Waals surface area contributed by atoms with E-state index in [2.05, 4.69) is 35.4 Å². The van der Waals surface area contributed by atoms with E-state index >= 15 is 0 Å². The van der Waals surface area contributed by atoms with Crippen LogP contribution in [0.4, 0.5) is 22.5 Å². The Bertz CT molecular complexity index is 1400. The SMILES string of the molecule is Cc1nc(Nc2ncc(C(=O)Nc3c(C)cccc3Cl)s2)cc(N2CCN(CCOC(=O)C(N)CC3CCCC3)CC2)n1. The van der Waals surface area contributed by atoms with Crippen LogP contribution in [0.3, 0.4) is 0 Å². The molecule has 3 aromatic rings. The quantitative estimate of drug-likeness (QED) is 0.255. The fraction of sp³-hybridized carbons (Fsp3) is 0.500. The second-order valence-corrected chi connectivity index (χ2v) is 12.6. The molecular weight excluding hydrogens is 588 g/mol. The van der Waals surface area contributed by atoms with E-state index in [0.717, 1.165) is 44.0 Å². The van der Waals surface area contributed by atoms with Gasteiger partial charge in [0.05, 0.1) is 16.9 Å². The number of rotatable bonds is 11. The van der Waals surface area contributed by atoms with Crippen molar-refractivity contribution >= 4 is 57.3 Å². The lowest BCUT2D eigenvalue weighted by Crippen LogP contribution is -2.48. The molecule has 3 heterocycles. The molecule has 1 atom stereocenters. The first-order valence-electron chi connectivity index (χ1n) is 14.8. The number of para-hydroxylation sites is 1. The molecule has 1 aliphatic heterocycles. The van der Waals surface area contributed by atoms with Gasteiger partial charge < -0.3 is 26.0 Å². The molecule has 2 aliphatic rings. The van der Waals surface area contributed by atoms with E-state index in [-0.39, 0.29) is 11.9 Å². The van der Waals surface area contributed by atoms with Crippen molar-refractivity contribution in [3.05, 3.63) is 51.7 Å². The van der Waals surface area contributed by atoms with Gasteiger partial charge in [0, 0.05) is 38.8 Å². The van der Waals surface area contributed by atoms with Gasteiger partial charge >= 0.3 is 5.97 Å². The summed E-state index contributed by atoms with van der Waals surface area (Å²) in [7, 11) is 0. The molecule has 2 aromatic heterocycles. The van der Waals surface area contributed by atoms with E-state index in [1.807, 2.05) is 32.0 Å². The summed E-state index contributed by atoms with van der Waals surface area (Å²) in [6.07, 6.45) is 7.08. The predicted octanol–water partition coefficient (Wildman–Crippen LogP) is 4.77. The maximum Gasteiger partial charge on any atom is 0.322 e. The van der Waals surface area contributed by atoms with Gasteiger partial charge in [0.15, 0.2) is 5.13 Å². The van der Waals surface area contributed by atoms with Crippen LogP contribution in [0.5, 0.6) is 0 Å². The molecule has 0 spiro atoms. The van der Waals surface area contributed by atoms with Crippen molar-refractivity contribution in [3.63, 3.8) is 0 Å². The van der Waals surface area contributed by atoms with Crippen molar-refractivity contribution in [1.29, 1.82) is 0 Å². The maximum atomic E-state index is 12.8. The number of amides is 1. The first-order valence-corrected chi connectivity index (χ1v) is 16.0. The molecule has 230 valence electrons. The molecule has 4 N–H and O–H groups in total. The lowest BCUT2D eigenvalue weighted by molar-refractivity contribution is -0.146. The summed E-state index contributed by atoms with van der Waals surface area (Å²) < 4.78 is 5.49. The number of aromatic nitrogens is 3. The molecule has 1 saturated carbocycles. The summed E-state index contributed by atoms with van der Waals surface area (Å²) in [5.74, 6) is 2.06. The molecule has 13 heteroatoms. The Kier molecular flexibility index (Phi) is 10.4. The van der Waals surface area contributed by atoms with Crippen molar-refractivity contribution < 1.29 is 14.3 Å². The van der Waals surface area contributed by atoms with E-state index in [9.17, 15) is 9.59 Å². The molecule has 1 aliphatic carbocycles. The van der Waals surface area contributed by atoms with Gasteiger partial charge in [-0.05, 0) is 37.8 Å². The number of nitrogens with two attached hydrogens (primary N) is 1. The number of esters is 1. The number of benzene rings is 1. The van der Waals surface area contributed by atoms with E-state index in [1.165, 1.54) is 43.2 Å². The van der Waals surface area contributed by atoms with Crippen LogP contribution >= 0.6 is 22.9 Å². The fourth-order valence-corrected chi connectivity index (χ4v) is 6.56. The number of halogens is 1. The van der Waals surface area contributed by atoms with Gasteiger partial charge in [-0.3, -0.25) is 14.5 Å². The largest absolute Gasteiger partial charge is 0.463 e. The highest BCUT2D eigenvalue weighted by atomic mass is 35.5. The summed E-state index contributed by atoms with van der Waals surface area (Å²) in [5.41, 5.74) is 7.56. The number of ether oxygens (including phenoxy) is 1. The normalized spacial score (nSPS) is 16.7. The lowest BCUT2D eigenvalue weighted by atomic mass is 9.99. The smallest absolute Gasteiger partial charge is 0.322 e. The third kappa shape index (κ3) is 8.41. The van der Waals surface area contributed by atoms with Crippen LogP contribution in [0.1, 0.15) is 53.2 Å². The van der Waals surface area contributed by atoms with Crippen LogP contribution in [-0.4, -0.2) is 77.1 Å². The molecular formula is C30H39ClN8O3S. The van der Waals surface area contributed by atoms with Gasteiger partial charge in [0.1, 0.15) is 35.0 Å². The van der Waals surface area contributed by atoms with Gasteiger partial charge in [0.25, 0.3) is 5.91 Å². The topological polar surface area (TPSA) is 139 Å². The minimum Gasteiger partial charge on any atom is -0.463 e. The van der Waals surface area contributed by atoms with Crippen molar-refractivity contribution in [2.24, 2.45) is 11.7 Å². The number of nitrogens with zero attached hydrogens (tertiary/aromatic N) is 5. The summed E-state index contributed by atoms with van der Waals surface area (Å²) in [6.45, 7) is 8.00. The Balaban J connectivity index is 1.09. The number of aryl methyl sites for hydroxylation is 2. The van der Waals surface area contributed by atoms with Crippen LogP contribution in [0.2, 0.25) is 5.02 Å². The number of nitrogens with one attached hydrogen (secondary N) is 2. The van der Waals surface area contributed by atoms with Crippen LogP contribution in [0, 0.1) is 19.8 Å². The monoisotopic (exact) mass is 626 g/mol. The van der Waals surface area contributed by atoms with Crippen molar-refractivity contribution in [2.45, 2.75) is 52.0 Å². The first-order chi connectivity index (χ1) is 20.7. The molecule has 0 bridgehead atoms. The van der Waals surface area contributed by atoms with E-state index in [0.29, 0.717) is 51.4 Å². The van der Waals surface area contributed by atoms with E-state index < -0.39 is 6.04 Å². The highest BCUT2D eigenvalue weighted by Crippen LogP contribution is 2.29. The van der Waals surface area contributed by atoms with Gasteiger partial charge in [-0.25, -0.2) is 15.0 Å². The number of hydrogen-bond acceptors (Lipinski definition) is 11. The van der Waals surface area contributed by atoms with E-state index in [4.69, 9.17) is 22.1 Å². The van der Waals surface area contributed by atoms with Crippen molar-refractivity contribution in [3.8, 4) is 0 Å². The molecule has 1 saturated heterocycles. The van der Waals surface area contributed by atoms with Crippen LogP contribution < -0.4 is 21.3 Å². The highest BCUT2D eigenvalue weighted by Gasteiger charge is 2.24. The number of piperazine rings is 1. The van der Waals surface area contributed by atoms with Gasteiger partial charge in [-0.15, -0.1) is 0 Å². The zero-order chi connectivity index (χ0) is 30.3. The number of anilines is 4. The molecule has 1 unspecified atom stereocenters. The average Bonchev–Trinajstić information content (AvgIpc) is 3.67. The molecule has 2 fully saturated rings. The summed E-state index contributed by atoms with van der Waals surface area (Å²) in [5, 5.41) is 7.13. The third-order valence-electron chi connectivity index (χ3n) is 7.96. The van der Waals surface area contributed by atoms with Crippen molar-refractivity contribution in [1.82, 2.24) is 19.9 Å². The average molecular weight is 627 g/mol. The molecule has 11 nitrogen and oxygen atoms in total. The minimum absolute atomic E-state index is 0.277. The zero-order valence-electron chi connectivity index (χ0n) is 24.6. The van der Waals surface area contributed by atoms with E-state index in [1.54, 1.807) is 6.07 Å². The summed E-state index contributed by atoms with van der Waals surface area (Å²) in [4.78, 5) is 43.6. The van der Waals surface area contributed by atoms with Gasteiger partial charge in [-0.1, -0.05) is 60.8 Å². The number of hydrogen-bond donors (Lipinski definition) is 3. The standard InChI is InChI=1S/C30H39ClN8O3S/c1-19-6-5-9-22(31)27(19)37-28(40)24-18-33-30(43-24)36-25-17-26(35-20(2)34-25)39-12-10-38(11-13-39)14-15-42-29(41)23(32)16-21-7-3-4-8-21/h5-6,9,17-18,21,23H,3-4,7-8,10-16,32H2,1-2H3,(H,37,40)(H,33,34,35,36). The third-order valence-corrected chi connectivity index (χ3v) is 9.19. The molecule has 1 aromatic carbocycles. The predicted molar refractivity (Wildman–Crippen MR) is 170 cm³/mol. The first kappa shape index (κ1) is 31.1. The molecule has 43 heavy (non-hydrogen) atoms. The summed E-state index contributed by atoms with van der Waals surface area (Å²) >= 11 is 7.49. The van der Waals surface area contributed by atoms with Crippen LogP contribution in [0.15, 0.2) is 30.5 Å². The summed E-state index contributed by atoms with van der Waals surface area (Å²) in [6, 6.07) is 6.85. The van der Waals surface area contributed by atoms with Crippen molar-refractivity contribution in [2.75, 3.05) is 54.9 Å². The highest BCUT2D eigenvalue weighted by molar-refractivity contribution is 7.17. The van der Waals surface area contributed by atoms with Gasteiger partial charge in [-0.2, -0.15) is 0 Å². The number of thiazole rings is 1. The Morgan fingerprint density at radius 2 is 1.93 bits per heavy atom. The second-order valence-electron chi connectivity index (χ2n) is 11.2. The fourth-order valence-electron chi connectivity index (χ4n) is 5.57. The van der Waals surface area contributed by atoms with Crippen LogP contribution in [0.25, 0.3) is 0 Å². The van der Waals surface area contributed by atoms with Crippen LogP contribution in [-0.2, 0) is 9.53 Å². The minimum atomic E-state index is -0.519. The maximum absolute atomic E-state index is 12.8. The molecule has 5 rings (SSSR count). The second kappa shape index (κ2) is 14.4. The molecule has 1 amide bonds. The Morgan fingerprint density at radius 1 is 1.16 bits per heavy atom. The number of carbonyl (C=O) groups is 2. The zero-order valence-corrected chi connectivity index (χ0v) is 26.2. The van der Waals surface area contributed by atoms with Gasteiger partial charge in [0.2, 0.25) is 0 Å². The Hall–Kier alpha value is -3.32. The lowest BCUT2D eigenvalue weighted by Gasteiger charge is -2.35. The Morgan fingerprint density at radius 3 is 2.67 bits per heavy atom. The Labute approximate surface area is 261 Å². The number of carbonyl (C=O) groups excluding carboxylic acids is 2.